The number of fused-ring (bicyclic) bond motifs is 1. The summed E-state index contributed by atoms with van der Waals surface area (Å²) in [6, 6.07) is 4.49. The molecule has 0 radical (unpaired) electrons. The van der Waals surface area contributed by atoms with E-state index in [1.165, 1.54) is 24.8 Å². The number of carboxylic acids is 1. The van der Waals surface area contributed by atoms with Gasteiger partial charge in [-0.3, -0.25) is 0 Å². The van der Waals surface area contributed by atoms with Crippen LogP contribution < -0.4 is 4.74 Å². The predicted molar refractivity (Wildman–Crippen MR) is 72.9 cm³/mol. The van der Waals surface area contributed by atoms with E-state index >= 15 is 0 Å². The predicted octanol–water partition coefficient (Wildman–Crippen LogP) is 2.61. The number of carbonyl (C=O) groups is 1. The fourth-order valence-corrected chi connectivity index (χ4v) is 1.97. The number of hydrogen-bond donors (Lipinski definition) is 2. The Morgan fingerprint density at radius 3 is 2.95 bits per heavy atom. The molecule has 0 bridgehead atoms. The molecule has 0 aliphatic carbocycles. The van der Waals surface area contributed by atoms with Crippen molar-refractivity contribution in [2.24, 2.45) is 0 Å². The van der Waals surface area contributed by atoms with Gasteiger partial charge in [0, 0.05) is 0 Å². The van der Waals surface area contributed by atoms with Crippen LogP contribution >= 0.6 is 15.9 Å². The number of imidazole rings is 1. The average Bonchev–Trinajstić information content (AvgIpc) is 2.90. The van der Waals surface area contributed by atoms with Crippen LogP contribution in [0.3, 0.4) is 0 Å². The molecule has 20 heavy (non-hydrogen) atoms. The van der Waals surface area contributed by atoms with E-state index < -0.39 is 5.97 Å². The molecule has 2 aromatic heterocycles. The highest BCUT2D eigenvalue weighted by molar-refractivity contribution is 9.10. The summed E-state index contributed by atoms with van der Waals surface area (Å²) >= 11 is 3.30. The minimum Gasteiger partial charge on any atom is -0.478 e. The Hall–Kier alpha value is -2.48. The molecule has 0 atom stereocenters. The van der Waals surface area contributed by atoms with Gasteiger partial charge in [-0.15, -0.1) is 0 Å². The van der Waals surface area contributed by atoms with E-state index in [-0.39, 0.29) is 11.4 Å². The van der Waals surface area contributed by atoms with Crippen LogP contribution in [0, 0.1) is 0 Å². The van der Waals surface area contributed by atoms with E-state index in [9.17, 15) is 4.79 Å². The molecule has 3 aromatic rings. The molecule has 7 nitrogen and oxygen atoms in total. The second-order valence-electron chi connectivity index (χ2n) is 3.83. The molecule has 2 heterocycles. The number of benzene rings is 1. The topological polar surface area (TPSA) is 101 Å². The number of nitrogens with zero attached hydrogens (tertiary/aromatic N) is 3. The monoisotopic (exact) mass is 334 g/mol. The molecule has 0 amide bonds. The van der Waals surface area contributed by atoms with E-state index in [0.717, 1.165) is 0 Å². The maximum Gasteiger partial charge on any atom is 0.335 e. The van der Waals surface area contributed by atoms with Crippen LogP contribution in [0.15, 0.2) is 35.3 Å². The first kappa shape index (κ1) is 12.5. The lowest BCUT2D eigenvalue weighted by atomic mass is 10.2. The highest BCUT2D eigenvalue weighted by Gasteiger charge is 2.12. The van der Waals surface area contributed by atoms with Gasteiger partial charge in [-0.2, -0.15) is 4.98 Å². The Morgan fingerprint density at radius 2 is 2.15 bits per heavy atom. The zero-order valence-electron chi connectivity index (χ0n) is 9.87. The van der Waals surface area contributed by atoms with Gasteiger partial charge < -0.3 is 14.8 Å². The third-order valence-corrected chi connectivity index (χ3v) is 3.23. The number of nitrogens with one attached hydrogen (secondary N) is 1. The molecule has 8 heteroatoms. The molecule has 0 aliphatic rings. The summed E-state index contributed by atoms with van der Waals surface area (Å²) < 4.78 is 6.26. The van der Waals surface area contributed by atoms with Crippen molar-refractivity contribution >= 4 is 33.1 Å². The van der Waals surface area contributed by atoms with E-state index in [1.54, 1.807) is 6.07 Å². The van der Waals surface area contributed by atoms with Crippen LogP contribution in [0.4, 0.5) is 0 Å². The summed E-state index contributed by atoms with van der Waals surface area (Å²) in [4.78, 5) is 25.8. The largest absolute Gasteiger partial charge is 0.478 e. The highest BCUT2D eigenvalue weighted by atomic mass is 79.9. The number of aromatic carboxylic acids is 1. The van der Waals surface area contributed by atoms with Crippen molar-refractivity contribution in [2.45, 2.75) is 0 Å². The van der Waals surface area contributed by atoms with Crippen LogP contribution in [0.1, 0.15) is 10.4 Å². The number of aromatic amines is 1. The molecule has 0 saturated heterocycles. The average molecular weight is 335 g/mol. The maximum atomic E-state index is 11.0. The number of aromatic nitrogens is 4. The van der Waals surface area contributed by atoms with E-state index in [4.69, 9.17) is 9.84 Å². The summed E-state index contributed by atoms with van der Waals surface area (Å²) in [6.45, 7) is 0. The van der Waals surface area contributed by atoms with Gasteiger partial charge >= 0.3 is 5.97 Å². The van der Waals surface area contributed by atoms with Gasteiger partial charge in [-0.25, -0.2) is 14.8 Å². The highest BCUT2D eigenvalue weighted by Crippen LogP contribution is 2.31. The number of H-pyrrole nitrogens is 1. The van der Waals surface area contributed by atoms with Gasteiger partial charge in [0.05, 0.1) is 16.4 Å². The van der Waals surface area contributed by atoms with Crippen LogP contribution in [0.25, 0.3) is 11.2 Å². The van der Waals surface area contributed by atoms with Crippen molar-refractivity contribution in [3.63, 3.8) is 0 Å². The Labute approximate surface area is 120 Å². The van der Waals surface area contributed by atoms with E-state index in [0.29, 0.717) is 21.4 Å². The molecule has 1 aromatic carbocycles. The van der Waals surface area contributed by atoms with Crippen LogP contribution in [-0.4, -0.2) is 31.0 Å². The molecule has 0 spiro atoms. The Balaban J connectivity index is 2.04. The number of rotatable bonds is 3. The summed E-state index contributed by atoms with van der Waals surface area (Å²) in [5, 5.41) is 8.99. The first-order valence-corrected chi connectivity index (χ1v) is 6.29. The third-order valence-electron chi connectivity index (χ3n) is 2.57. The SMILES string of the molecule is O=C(O)c1ccc(Br)c(Oc2ncnc3nc[nH]c23)c1. The summed E-state index contributed by atoms with van der Waals surface area (Å²) in [7, 11) is 0. The lowest BCUT2D eigenvalue weighted by Gasteiger charge is -2.07. The standard InChI is InChI=1S/C12H7BrN4O3/c13-7-2-1-6(12(18)19)3-8(7)20-11-9-10(15-4-14-9)16-5-17-11/h1-5H,(H,18,19)(H,14,15,16,17). The third kappa shape index (κ3) is 2.21. The molecule has 0 fully saturated rings. The molecular weight excluding hydrogens is 328 g/mol. The second kappa shape index (κ2) is 4.89. The summed E-state index contributed by atoms with van der Waals surface area (Å²) in [6.07, 6.45) is 2.81. The van der Waals surface area contributed by atoms with Gasteiger partial charge in [-0.1, -0.05) is 0 Å². The zero-order chi connectivity index (χ0) is 14.1. The smallest absolute Gasteiger partial charge is 0.335 e. The number of halogens is 1. The molecule has 0 unspecified atom stereocenters. The van der Waals surface area contributed by atoms with Crippen molar-refractivity contribution in [2.75, 3.05) is 0 Å². The van der Waals surface area contributed by atoms with Crippen LogP contribution in [0.5, 0.6) is 11.6 Å². The van der Waals surface area contributed by atoms with Crippen LogP contribution in [-0.2, 0) is 0 Å². The fourth-order valence-electron chi connectivity index (χ4n) is 1.64. The van der Waals surface area contributed by atoms with Gasteiger partial charge in [0.25, 0.3) is 0 Å². The summed E-state index contributed by atoms with van der Waals surface area (Å²) in [5.74, 6) is -0.410. The maximum absolute atomic E-state index is 11.0. The lowest BCUT2D eigenvalue weighted by molar-refractivity contribution is 0.0696. The first-order chi connectivity index (χ1) is 9.65. The van der Waals surface area contributed by atoms with Crippen molar-refractivity contribution in [1.82, 2.24) is 19.9 Å². The van der Waals surface area contributed by atoms with Gasteiger partial charge in [0.2, 0.25) is 5.88 Å². The van der Waals surface area contributed by atoms with Crippen molar-refractivity contribution < 1.29 is 14.6 Å². The number of hydrogen-bond acceptors (Lipinski definition) is 5. The van der Waals surface area contributed by atoms with Gasteiger partial charge in [0.15, 0.2) is 5.65 Å². The minimum atomic E-state index is -1.03. The van der Waals surface area contributed by atoms with Crippen LogP contribution in [0.2, 0.25) is 0 Å². The minimum absolute atomic E-state index is 0.123. The Bertz CT molecular complexity index is 802. The normalized spacial score (nSPS) is 10.7. The van der Waals surface area contributed by atoms with Gasteiger partial charge in [0.1, 0.15) is 17.6 Å². The molecule has 3 rings (SSSR count). The molecule has 100 valence electrons. The molecule has 2 N–H and O–H groups in total. The summed E-state index contributed by atoms with van der Waals surface area (Å²) in [5.41, 5.74) is 1.14. The molecule has 0 aliphatic heterocycles. The molecular formula is C12H7BrN4O3. The van der Waals surface area contributed by atoms with E-state index in [1.807, 2.05) is 0 Å². The zero-order valence-corrected chi connectivity index (χ0v) is 11.5. The van der Waals surface area contributed by atoms with Crippen molar-refractivity contribution in [1.29, 1.82) is 0 Å². The fraction of sp³-hybridized carbons (Fsp3) is 0. The first-order valence-electron chi connectivity index (χ1n) is 5.50. The number of ether oxygens (including phenoxy) is 1. The van der Waals surface area contributed by atoms with E-state index in [2.05, 4.69) is 35.9 Å². The lowest BCUT2D eigenvalue weighted by Crippen LogP contribution is -1.98. The molecule has 0 saturated carbocycles. The van der Waals surface area contributed by atoms with Gasteiger partial charge in [-0.05, 0) is 34.1 Å². The quantitative estimate of drug-likeness (QED) is 0.763. The van der Waals surface area contributed by atoms with Crippen molar-refractivity contribution in [3.8, 4) is 11.6 Å². The number of carboxylic acid groups (broad SMARTS) is 1. The Morgan fingerprint density at radius 1 is 1.30 bits per heavy atom. The second-order valence-corrected chi connectivity index (χ2v) is 4.69. The Kier molecular flexibility index (Phi) is 3.07. The van der Waals surface area contributed by atoms with Crippen molar-refractivity contribution in [3.05, 3.63) is 40.9 Å².